The Labute approximate surface area is 440 Å². The molecule has 0 saturated carbocycles. The monoisotopic (exact) mass is 998 g/mol. The van der Waals surface area contributed by atoms with Gasteiger partial charge in [0.05, 0.1) is 5.70 Å². The molecule has 0 spiro atoms. The molecule has 5 heterocycles. The number of benzene rings is 5. The van der Waals surface area contributed by atoms with E-state index in [9.17, 15) is 0 Å². The van der Waals surface area contributed by atoms with E-state index < -0.39 is 0 Å². The fourth-order valence-corrected chi connectivity index (χ4v) is 10.8. The van der Waals surface area contributed by atoms with Crippen LogP contribution in [0, 0.1) is 0 Å². The number of aromatic amines is 1. The van der Waals surface area contributed by atoms with Crippen LogP contribution in [0.2, 0.25) is 0 Å². The van der Waals surface area contributed by atoms with E-state index in [2.05, 4.69) is 240 Å². The van der Waals surface area contributed by atoms with Crippen molar-refractivity contribution in [1.29, 1.82) is 0 Å². The number of rotatable bonds is 4. The SMILES string of the molecule is CC(C)(C)c1ccc(/C2=c3\cc/c([n-]3)=C(\c3ccc(C(C)(C)C)cc3)c3ccc([nH]3)/C(c3ccc(C(C)(C)C)cc3)=c3/cc/c([n-]3)=C3/C4=C(C(=O)C2=N4)C(c2ccccc2)c2cc(C(C)(C)C)ccc23)cc1.[Ni+2]. The molecule has 3 aliphatic rings. The Balaban J connectivity index is 0.00000611. The first-order valence-corrected chi connectivity index (χ1v) is 25.5. The van der Waals surface area contributed by atoms with E-state index in [0.29, 0.717) is 27.9 Å². The minimum absolute atomic E-state index is 0. The predicted molar refractivity (Wildman–Crippen MR) is 295 cm³/mol. The molecule has 5 nitrogen and oxygen atoms in total. The van der Waals surface area contributed by atoms with Gasteiger partial charge in [0, 0.05) is 22.9 Å². The van der Waals surface area contributed by atoms with E-state index in [-0.39, 0.29) is 49.9 Å². The van der Waals surface area contributed by atoms with Crippen molar-refractivity contribution < 1.29 is 21.3 Å². The largest absolute Gasteiger partial charge is 2.00 e. The topological polar surface area (TPSA) is 73.4 Å². The fraction of sp³-hybridized carbons (Fsp3) is 0.254. The van der Waals surface area contributed by atoms with Crippen LogP contribution >= 0.6 is 0 Å². The fourth-order valence-electron chi connectivity index (χ4n) is 10.8. The summed E-state index contributed by atoms with van der Waals surface area (Å²) in [6, 6.07) is 56.6. The summed E-state index contributed by atoms with van der Waals surface area (Å²) in [5.41, 5.74) is 17.9. The third kappa shape index (κ3) is 8.82. The van der Waals surface area contributed by atoms with E-state index in [0.717, 1.165) is 77.5 Å². The van der Waals surface area contributed by atoms with E-state index in [1.807, 2.05) is 6.07 Å². The van der Waals surface area contributed by atoms with Gasteiger partial charge in [0.15, 0.2) is 0 Å². The number of aliphatic imine (C=N–C) groups is 1. The second kappa shape index (κ2) is 17.9. The molecular weight excluding hydrogens is 935 g/mol. The minimum atomic E-state index is -0.378. The van der Waals surface area contributed by atoms with Crippen molar-refractivity contribution in [1.82, 2.24) is 15.0 Å². The molecule has 2 aliphatic heterocycles. The van der Waals surface area contributed by atoms with Gasteiger partial charge in [0.2, 0.25) is 5.78 Å². The van der Waals surface area contributed by atoms with Gasteiger partial charge >= 0.3 is 16.5 Å². The Morgan fingerprint density at radius 2 is 0.836 bits per heavy atom. The van der Waals surface area contributed by atoms with Crippen molar-refractivity contribution in [3.8, 4) is 0 Å². The van der Waals surface area contributed by atoms with Gasteiger partial charge in [-0.3, -0.25) is 4.79 Å². The Morgan fingerprint density at radius 3 is 1.27 bits per heavy atom. The first kappa shape index (κ1) is 49.6. The zero-order valence-electron chi connectivity index (χ0n) is 44.2. The van der Waals surface area contributed by atoms with Gasteiger partial charge in [-0.1, -0.05) is 229 Å². The number of allylic oxidation sites excluding steroid dienone is 2. The maximum Gasteiger partial charge on any atom is 2.00 e. The van der Waals surface area contributed by atoms with Crippen LogP contribution in [-0.4, -0.2) is 16.5 Å². The average Bonchev–Trinajstić information content (AvgIpc) is 4.17. The zero-order chi connectivity index (χ0) is 50.6. The van der Waals surface area contributed by atoms with Crippen LogP contribution in [0.25, 0.3) is 22.3 Å². The van der Waals surface area contributed by atoms with Gasteiger partial charge in [-0.15, -0.1) is 21.4 Å². The molecule has 0 amide bonds. The molecule has 0 saturated heterocycles. The third-order valence-electron chi connectivity index (χ3n) is 15.0. The smallest absolute Gasteiger partial charge is 0.657 e. The molecule has 368 valence electrons. The average molecular weight is 1000 g/mol. The number of carbonyl (C=O) groups is 1. The summed E-state index contributed by atoms with van der Waals surface area (Å²) in [5, 5.41) is 3.08. The number of ketones is 1. The second-order valence-corrected chi connectivity index (χ2v) is 24.1. The Bertz CT molecular complexity index is 3810. The summed E-state index contributed by atoms with van der Waals surface area (Å²) in [6.07, 6.45) is 0. The van der Waals surface area contributed by atoms with Crippen molar-refractivity contribution in [3.05, 3.63) is 257 Å². The number of hydrogen-bond acceptors (Lipinski definition) is 2. The first-order valence-electron chi connectivity index (χ1n) is 25.5. The second-order valence-electron chi connectivity index (χ2n) is 24.1. The normalized spacial score (nSPS) is 18.9. The van der Waals surface area contributed by atoms with Gasteiger partial charge in [0.1, 0.15) is 5.71 Å². The first-order chi connectivity index (χ1) is 34.1. The molecule has 1 aliphatic carbocycles. The molecule has 8 aromatic rings. The van der Waals surface area contributed by atoms with Gasteiger partial charge < -0.3 is 15.0 Å². The summed E-state index contributed by atoms with van der Waals surface area (Å²) >= 11 is 0. The Hall–Kier alpha value is -7.01. The van der Waals surface area contributed by atoms with Crippen LogP contribution in [0.15, 0.2) is 174 Å². The maximum atomic E-state index is 16.1. The van der Waals surface area contributed by atoms with Gasteiger partial charge in [-0.05, 0) is 112 Å². The molecule has 0 radical (unpaired) electrons. The number of hydrogen-bond donors (Lipinski definition) is 1. The van der Waals surface area contributed by atoms with Gasteiger partial charge in [-0.2, -0.15) is 0 Å². The van der Waals surface area contributed by atoms with Crippen molar-refractivity contribution >= 4 is 33.8 Å². The quantitative estimate of drug-likeness (QED) is 0.179. The summed E-state index contributed by atoms with van der Waals surface area (Å²) in [4.78, 5) is 36.9. The predicted octanol–water partition coefficient (Wildman–Crippen LogP) is 11.4. The van der Waals surface area contributed by atoms with Crippen LogP contribution in [0.4, 0.5) is 0 Å². The zero-order valence-corrected chi connectivity index (χ0v) is 45.1. The number of H-pyrrole nitrogens is 1. The third-order valence-corrected chi connectivity index (χ3v) is 15.0. The van der Waals surface area contributed by atoms with Crippen LogP contribution in [-0.2, 0) is 42.9 Å². The number of Topliss-reactive ketones (excluding diaryl/α,β-unsaturated/α-hetero) is 1. The standard InChI is InChI=1S/C67H65N4O.Ni/c1-64(2,3)43-24-18-40(19-25-43)56-49-32-33-50(68-49)57(41-20-26-44(27-21-41)65(4,5)6)52-35-37-54(70-52)59-47-31-30-46(67(10,11)12)38-48(47)55(39-16-14-13-15-17-39)60-61(59)71-62(63(60)72)58(53-36-34-51(56)69-53)42-22-28-45(29-23-42)66(7,8)9;/h13-38,55H,1-12H3,(H2-,68,69,70,71,72);/q-1;+2/p-1/b56-49?,56-51-,57-50?,57-52-,58-53-,59-54-,62-58?;. The summed E-state index contributed by atoms with van der Waals surface area (Å²) in [6.45, 7) is 26.9. The summed E-state index contributed by atoms with van der Waals surface area (Å²) < 4.78 is 0. The molecule has 1 unspecified atom stereocenters. The van der Waals surface area contributed by atoms with Crippen LogP contribution < -0.4 is 31.4 Å². The summed E-state index contributed by atoms with van der Waals surface area (Å²) in [7, 11) is 0. The van der Waals surface area contributed by atoms with Crippen molar-refractivity contribution in [2.45, 2.75) is 111 Å². The molecule has 0 fully saturated rings. The van der Waals surface area contributed by atoms with E-state index in [1.165, 1.54) is 22.3 Å². The molecule has 3 aromatic heterocycles. The summed E-state index contributed by atoms with van der Waals surface area (Å²) in [5.74, 6) is -0.475. The molecular formula is C67H64N4NiO. The number of nitrogens with one attached hydrogen (secondary N) is 1. The molecule has 11 rings (SSSR count). The molecule has 6 heteroatoms. The van der Waals surface area contributed by atoms with E-state index >= 15 is 4.79 Å². The van der Waals surface area contributed by atoms with Gasteiger partial charge in [0.25, 0.3) is 0 Å². The van der Waals surface area contributed by atoms with E-state index in [4.69, 9.17) is 15.0 Å². The van der Waals surface area contributed by atoms with Crippen molar-refractivity contribution in [3.63, 3.8) is 0 Å². The number of nitrogens with zero attached hydrogens (tertiary/aromatic N) is 3. The van der Waals surface area contributed by atoms with Crippen molar-refractivity contribution in [2.75, 3.05) is 0 Å². The molecule has 8 bridgehead atoms. The maximum absolute atomic E-state index is 16.1. The number of carbonyl (C=O) groups excluding carboxylic acids is 1. The van der Waals surface area contributed by atoms with E-state index in [1.54, 1.807) is 0 Å². The van der Waals surface area contributed by atoms with Crippen molar-refractivity contribution in [2.24, 2.45) is 4.99 Å². The molecule has 1 atom stereocenters. The minimum Gasteiger partial charge on any atom is -0.657 e. The number of fused-ring (bicyclic) bond motifs is 8. The molecule has 1 N–H and O–H groups in total. The van der Waals surface area contributed by atoms with Crippen LogP contribution in [0.3, 0.4) is 0 Å². The molecule has 5 aromatic carbocycles. The molecule has 73 heavy (non-hydrogen) atoms. The van der Waals surface area contributed by atoms with Crippen LogP contribution in [0.5, 0.6) is 0 Å². The Kier molecular flexibility index (Phi) is 12.1. The number of aromatic nitrogens is 3. The van der Waals surface area contributed by atoms with Gasteiger partial charge in [-0.25, -0.2) is 4.99 Å². The Morgan fingerprint density at radius 1 is 0.438 bits per heavy atom. The van der Waals surface area contributed by atoms with Crippen LogP contribution in [0.1, 0.15) is 156 Å².